The monoisotopic (exact) mass is 288 g/mol. The van der Waals surface area contributed by atoms with Gasteiger partial charge in [-0.05, 0) is 23.7 Å². The molecular weight excluding hydrogens is 280 g/mol. The summed E-state index contributed by atoms with van der Waals surface area (Å²) in [4.78, 5) is 12.2. The highest BCUT2D eigenvalue weighted by Crippen LogP contribution is 2.28. The molecule has 2 rings (SSSR count). The molecule has 5 N–H and O–H groups in total. The zero-order valence-corrected chi connectivity index (χ0v) is 11.0. The van der Waals surface area contributed by atoms with Crippen molar-refractivity contribution >= 4 is 51.2 Å². The second kappa shape index (κ2) is 4.91. The lowest BCUT2D eigenvalue weighted by molar-refractivity contribution is 0.100. The molecule has 0 aromatic carbocycles. The van der Waals surface area contributed by atoms with Gasteiger partial charge in [-0.15, -0.1) is 11.3 Å². The van der Waals surface area contributed by atoms with Gasteiger partial charge in [0.15, 0.2) is 5.82 Å². The molecule has 5 nitrogen and oxygen atoms in total. The van der Waals surface area contributed by atoms with Crippen molar-refractivity contribution in [2.45, 2.75) is 6.54 Å². The van der Waals surface area contributed by atoms with Crippen molar-refractivity contribution < 1.29 is 4.79 Å². The number of nitrogens with one attached hydrogen (secondary N) is 1. The Morgan fingerprint density at radius 3 is 2.88 bits per heavy atom. The predicted octanol–water partition coefficient (Wildman–Crippen LogP) is 2.15. The van der Waals surface area contributed by atoms with Crippen LogP contribution in [0.2, 0.25) is 4.34 Å². The fraction of sp³-hybridized carbons (Fsp3) is 0.111. The number of primary amides is 1. The van der Waals surface area contributed by atoms with Gasteiger partial charge in [0, 0.05) is 4.88 Å². The molecule has 0 saturated carbocycles. The Kier molecular flexibility index (Phi) is 3.51. The van der Waals surface area contributed by atoms with Crippen LogP contribution in [0.1, 0.15) is 15.2 Å². The number of hydrogen-bond acceptors (Lipinski definition) is 6. The number of nitrogen functional groups attached to an aromatic ring is 1. The lowest BCUT2D eigenvalue weighted by atomic mass is 10.3. The van der Waals surface area contributed by atoms with Crippen LogP contribution in [0.5, 0.6) is 0 Å². The minimum Gasteiger partial charge on any atom is -0.382 e. The van der Waals surface area contributed by atoms with E-state index in [1.807, 2.05) is 12.1 Å². The number of nitrogens with zero attached hydrogens (tertiary/aromatic N) is 1. The molecule has 90 valence electrons. The van der Waals surface area contributed by atoms with Crippen LogP contribution in [-0.2, 0) is 6.54 Å². The first-order chi connectivity index (χ1) is 8.08. The standard InChI is InChI=1S/C9H9ClN4OS2/c10-5-2-1-4(16-5)3-13-9-6(8(12)15)7(11)14-17-9/h1-2,13H,3H2,(H2,11,14)(H2,12,15). The van der Waals surface area contributed by atoms with Gasteiger partial charge in [-0.2, -0.15) is 4.37 Å². The van der Waals surface area contributed by atoms with Crippen LogP contribution >= 0.6 is 34.5 Å². The zero-order valence-electron chi connectivity index (χ0n) is 8.57. The summed E-state index contributed by atoms with van der Waals surface area (Å²) < 4.78 is 4.61. The SMILES string of the molecule is NC(=O)c1c(N)nsc1NCc1ccc(Cl)s1. The van der Waals surface area contributed by atoms with Crippen molar-refractivity contribution in [2.75, 3.05) is 11.1 Å². The normalized spacial score (nSPS) is 10.4. The number of halogens is 1. The lowest BCUT2D eigenvalue weighted by Gasteiger charge is -2.02. The number of rotatable bonds is 4. The molecule has 0 aliphatic carbocycles. The Hall–Kier alpha value is -1.31. The number of nitrogens with two attached hydrogens (primary N) is 2. The maximum absolute atomic E-state index is 11.2. The molecule has 2 aromatic heterocycles. The quantitative estimate of drug-likeness (QED) is 0.803. The Morgan fingerprint density at radius 2 is 2.29 bits per heavy atom. The smallest absolute Gasteiger partial charge is 0.255 e. The summed E-state index contributed by atoms with van der Waals surface area (Å²) in [5.74, 6) is -0.419. The summed E-state index contributed by atoms with van der Waals surface area (Å²) in [6.45, 7) is 0.555. The fourth-order valence-corrected chi connectivity index (χ4v) is 3.02. The van der Waals surface area contributed by atoms with E-state index in [2.05, 4.69) is 9.69 Å². The third-order valence-corrected chi connectivity index (χ3v) is 4.07. The van der Waals surface area contributed by atoms with Crippen LogP contribution in [0.4, 0.5) is 10.8 Å². The highest BCUT2D eigenvalue weighted by Gasteiger charge is 2.16. The first-order valence-electron chi connectivity index (χ1n) is 4.61. The fourth-order valence-electron chi connectivity index (χ4n) is 1.28. The Bertz CT molecular complexity index is 551. The second-order valence-corrected chi connectivity index (χ2v) is 5.77. The molecule has 0 spiro atoms. The van der Waals surface area contributed by atoms with E-state index in [-0.39, 0.29) is 11.4 Å². The number of carbonyl (C=O) groups excluding carboxylic acids is 1. The highest BCUT2D eigenvalue weighted by atomic mass is 35.5. The van der Waals surface area contributed by atoms with Crippen molar-refractivity contribution in [3.63, 3.8) is 0 Å². The minimum atomic E-state index is -0.581. The molecule has 0 aliphatic rings. The third-order valence-electron chi connectivity index (χ3n) is 2.02. The van der Waals surface area contributed by atoms with E-state index in [9.17, 15) is 4.79 Å². The molecular formula is C9H9ClN4OS2. The van der Waals surface area contributed by atoms with Crippen LogP contribution in [-0.4, -0.2) is 10.3 Å². The molecule has 0 atom stereocenters. The number of hydrogen-bond donors (Lipinski definition) is 3. The van der Waals surface area contributed by atoms with Gasteiger partial charge in [0.2, 0.25) is 0 Å². The van der Waals surface area contributed by atoms with E-state index in [4.69, 9.17) is 23.1 Å². The Labute approximate surface area is 111 Å². The number of carbonyl (C=O) groups is 1. The van der Waals surface area contributed by atoms with E-state index < -0.39 is 5.91 Å². The van der Waals surface area contributed by atoms with Gasteiger partial charge >= 0.3 is 0 Å². The molecule has 17 heavy (non-hydrogen) atoms. The summed E-state index contributed by atoms with van der Waals surface area (Å²) in [5.41, 5.74) is 11.0. The molecule has 0 aliphatic heterocycles. The van der Waals surface area contributed by atoms with Gasteiger partial charge in [0.05, 0.1) is 10.9 Å². The highest BCUT2D eigenvalue weighted by molar-refractivity contribution is 7.16. The van der Waals surface area contributed by atoms with Gasteiger partial charge in [0.1, 0.15) is 10.6 Å². The third kappa shape index (κ3) is 2.68. The largest absolute Gasteiger partial charge is 0.382 e. The summed E-state index contributed by atoms with van der Waals surface area (Å²) in [6.07, 6.45) is 0. The summed E-state index contributed by atoms with van der Waals surface area (Å²) in [5, 5.41) is 3.65. The number of anilines is 2. The maximum atomic E-state index is 11.2. The van der Waals surface area contributed by atoms with Crippen molar-refractivity contribution in [3.05, 3.63) is 26.9 Å². The molecule has 0 unspecified atom stereocenters. The average Bonchev–Trinajstić information content (AvgIpc) is 2.82. The van der Waals surface area contributed by atoms with E-state index in [0.29, 0.717) is 11.5 Å². The van der Waals surface area contributed by atoms with Crippen LogP contribution in [0, 0.1) is 0 Å². The van der Waals surface area contributed by atoms with Gasteiger partial charge < -0.3 is 16.8 Å². The van der Waals surface area contributed by atoms with Crippen LogP contribution in [0.25, 0.3) is 0 Å². The van der Waals surface area contributed by atoms with Crippen molar-refractivity contribution in [2.24, 2.45) is 5.73 Å². The molecule has 0 fully saturated rings. The first-order valence-corrected chi connectivity index (χ1v) is 6.57. The molecule has 2 heterocycles. The Balaban J connectivity index is 2.11. The van der Waals surface area contributed by atoms with E-state index in [1.54, 1.807) is 0 Å². The summed E-state index contributed by atoms with van der Waals surface area (Å²) >= 11 is 8.40. The average molecular weight is 289 g/mol. The van der Waals surface area contributed by atoms with Gasteiger partial charge in [-0.3, -0.25) is 4.79 Å². The first kappa shape index (κ1) is 12.2. The predicted molar refractivity (Wildman–Crippen MR) is 71.7 cm³/mol. The van der Waals surface area contributed by atoms with E-state index in [1.165, 1.54) is 11.3 Å². The number of aromatic nitrogens is 1. The van der Waals surface area contributed by atoms with Crippen molar-refractivity contribution in [3.8, 4) is 0 Å². The maximum Gasteiger partial charge on any atom is 0.255 e. The second-order valence-electron chi connectivity index (χ2n) is 3.20. The molecule has 0 saturated heterocycles. The molecule has 8 heteroatoms. The van der Waals surface area contributed by atoms with Gasteiger partial charge in [-0.25, -0.2) is 0 Å². The van der Waals surface area contributed by atoms with Gasteiger partial charge in [-0.1, -0.05) is 11.6 Å². The number of thiophene rings is 1. The van der Waals surface area contributed by atoms with Crippen molar-refractivity contribution in [1.82, 2.24) is 4.37 Å². The Morgan fingerprint density at radius 1 is 1.53 bits per heavy atom. The van der Waals surface area contributed by atoms with Gasteiger partial charge in [0.25, 0.3) is 5.91 Å². The summed E-state index contributed by atoms with van der Waals surface area (Å²) in [6, 6.07) is 3.73. The van der Waals surface area contributed by atoms with E-state index >= 15 is 0 Å². The molecule has 2 aromatic rings. The zero-order chi connectivity index (χ0) is 12.4. The molecule has 1 amide bonds. The van der Waals surface area contributed by atoms with Crippen LogP contribution < -0.4 is 16.8 Å². The van der Waals surface area contributed by atoms with Crippen molar-refractivity contribution in [1.29, 1.82) is 0 Å². The lowest BCUT2D eigenvalue weighted by Crippen LogP contribution is -2.14. The van der Waals surface area contributed by atoms with E-state index in [0.717, 1.165) is 20.7 Å². The number of amides is 1. The molecule has 0 radical (unpaired) electrons. The summed E-state index contributed by atoms with van der Waals surface area (Å²) in [7, 11) is 0. The molecule has 0 bridgehead atoms. The van der Waals surface area contributed by atoms with Crippen LogP contribution in [0.3, 0.4) is 0 Å². The minimum absolute atomic E-state index is 0.161. The topological polar surface area (TPSA) is 94.0 Å². The van der Waals surface area contributed by atoms with Crippen LogP contribution in [0.15, 0.2) is 12.1 Å².